The number of allylic oxidation sites excluding steroid dienone is 4. The van der Waals surface area contributed by atoms with Gasteiger partial charge in [-0.15, -0.1) is 0 Å². The Labute approximate surface area is 168 Å². The molecular weight excluding hydrogens is 342 g/mol. The van der Waals surface area contributed by atoms with Gasteiger partial charge in [0.05, 0.1) is 6.26 Å². The molecule has 0 aliphatic heterocycles. The van der Waals surface area contributed by atoms with E-state index in [0.29, 0.717) is 0 Å². The van der Waals surface area contributed by atoms with Crippen molar-refractivity contribution >= 4 is 16.5 Å². The van der Waals surface area contributed by atoms with Crippen LogP contribution in [-0.2, 0) is 6.54 Å². The minimum Gasteiger partial charge on any atom is -0.464 e. The summed E-state index contributed by atoms with van der Waals surface area (Å²) in [6.07, 6.45) is 8.81. The number of furan rings is 1. The van der Waals surface area contributed by atoms with Crippen LogP contribution in [0.2, 0.25) is 0 Å². The molecule has 144 valence electrons. The van der Waals surface area contributed by atoms with E-state index >= 15 is 0 Å². The summed E-state index contributed by atoms with van der Waals surface area (Å²) >= 11 is 0. The molecule has 2 nitrogen and oxygen atoms in total. The van der Waals surface area contributed by atoms with Crippen molar-refractivity contribution < 1.29 is 4.42 Å². The maximum atomic E-state index is 5.36. The molecule has 2 aromatic carbocycles. The Morgan fingerprint density at radius 1 is 1.14 bits per heavy atom. The first kappa shape index (κ1) is 19.9. The van der Waals surface area contributed by atoms with Crippen molar-refractivity contribution in [2.45, 2.75) is 25.8 Å². The average molecular weight is 372 g/mol. The van der Waals surface area contributed by atoms with E-state index < -0.39 is 0 Å². The van der Waals surface area contributed by atoms with E-state index in [1.54, 1.807) is 12.3 Å². The van der Waals surface area contributed by atoms with Gasteiger partial charge in [0, 0.05) is 17.5 Å². The molecule has 1 N–H and O–H groups in total. The summed E-state index contributed by atoms with van der Waals surface area (Å²) in [6.45, 7) is 10.7. The minimum atomic E-state index is 0.796. The molecule has 2 atom stereocenters. The lowest BCUT2D eigenvalue weighted by Crippen LogP contribution is -2.03. The van der Waals surface area contributed by atoms with Gasteiger partial charge in [-0.25, -0.2) is 0 Å². The minimum absolute atomic E-state index is 0.796. The Morgan fingerprint density at radius 3 is 2.46 bits per heavy atom. The fourth-order valence-electron chi connectivity index (χ4n) is 3.48. The summed E-state index contributed by atoms with van der Waals surface area (Å²) in [6, 6.07) is 16.9. The first-order valence-corrected chi connectivity index (χ1v) is 9.83. The Hall–Kier alpha value is -2.84. The summed E-state index contributed by atoms with van der Waals surface area (Å²) in [5.41, 5.74) is 5.99. The molecule has 0 radical (unpaired) electrons. The molecule has 1 aliphatic carbocycles. The summed E-state index contributed by atoms with van der Waals surface area (Å²) in [5.74, 6) is 1.66. The van der Waals surface area contributed by atoms with Crippen LogP contribution in [0.3, 0.4) is 0 Å². The summed E-state index contributed by atoms with van der Waals surface area (Å²) in [7, 11) is 1.93. The highest BCUT2D eigenvalue weighted by atomic mass is 16.3. The van der Waals surface area contributed by atoms with Crippen molar-refractivity contribution in [2.24, 2.45) is 5.92 Å². The van der Waals surface area contributed by atoms with Crippen LogP contribution >= 0.6 is 0 Å². The van der Waals surface area contributed by atoms with Crippen LogP contribution in [0.5, 0.6) is 0 Å². The molecule has 1 fully saturated rings. The molecule has 0 saturated heterocycles. The molecule has 0 bridgehead atoms. The summed E-state index contributed by atoms with van der Waals surface area (Å²) in [4.78, 5) is 0. The molecular formula is C26H29NO. The first-order valence-electron chi connectivity index (χ1n) is 9.83. The van der Waals surface area contributed by atoms with Gasteiger partial charge in [-0.05, 0) is 48.1 Å². The van der Waals surface area contributed by atoms with Gasteiger partial charge in [0.25, 0.3) is 0 Å². The van der Waals surface area contributed by atoms with Gasteiger partial charge in [0.1, 0.15) is 5.58 Å². The molecule has 1 aromatic heterocycles. The molecule has 1 aliphatic rings. The molecule has 0 spiro atoms. The highest BCUT2D eigenvalue weighted by Crippen LogP contribution is 2.46. The zero-order valence-electron chi connectivity index (χ0n) is 16.8. The monoisotopic (exact) mass is 371 g/mol. The van der Waals surface area contributed by atoms with Crippen LogP contribution in [-0.4, -0.2) is 7.05 Å². The number of nitrogens with one attached hydrogen (secondary N) is 1. The van der Waals surface area contributed by atoms with Crippen LogP contribution in [0.4, 0.5) is 0 Å². The third-order valence-electron chi connectivity index (χ3n) is 5.23. The van der Waals surface area contributed by atoms with Gasteiger partial charge in [0.15, 0.2) is 0 Å². The Balaban J connectivity index is 0.000000167. The number of hydrogen-bond acceptors (Lipinski definition) is 2. The molecule has 0 unspecified atom stereocenters. The van der Waals surface area contributed by atoms with Gasteiger partial charge < -0.3 is 9.73 Å². The van der Waals surface area contributed by atoms with Gasteiger partial charge in [-0.3, -0.25) is 0 Å². The largest absolute Gasteiger partial charge is 0.464 e. The van der Waals surface area contributed by atoms with E-state index in [4.69, 9.17) is 4.42 Å². The molecule has 3 aromatic rings. The van der Waals surface area contributed by atoms with Crippen molar-refractivity contribution in [1.29, 1.82) is 0 Å². The molecule has 4 rings (SSSR count). The van der Waals surface area contributed by atoms with Crippen LogP contribution in [0.1, 0.15) is 36.0 Å². The lowest BCUT2D eigenvalue weighted by molar-refractivity contribution is 0.607. The number of benzene rings is 2. The Morgan fingerprint density at radius 2 is 1.86 bits per heavy atom. The fourth-order valence-corrected chi connectivity index (χ4v) is 3.48. The summed E-state index contributed by atoms with van der Waals surface area (Å²) in [5, 5.41) is 4.30. The molecule has 1 heterocycles. The highest BCUT2D eigenvalue weighted by molar-refractivity contribution is 5.80. The van der Waals surface area contributed by atoms with Crippen molar-refractivity contribution in [3.05, 3.63) is 103 Å². The lowest BCUT2D eigenvalue weighted by Gasteiger charge is -2.04. The molecule has 28 heavy (non-hydrogen) atoms. The van der Waals surface area contributed by atoms with E-state index in [-0.39, 0.29) is 0 Å². The fraction of sp³-hybridized carbons (Fsp3) is 0.231. The Bertz CT molecular complexity index is 962. The van der Waals surface area contributed by atoms with E-state index in [0.717, 1.165) is 29.5 Å². The third kappa shape index (κ3) is 4.71. The van der Waals surface area contributed by atoms with Crippen molar-refractivity contribution in [3.63, 3.8) is 0 Å². The quantitative estimate of drug-likeness (QED) is 0.487. The van der Waals surface area contributed by atoms with Crippen molar-refractivity contribution in [2.75, 3.05) is 7.05 Å². The number of hydrogen-bond donors (Lipinski definition) is 1. The standard InChI is InChI=1S/C16H18.C10H11NO/c1-4-6-13(5-2)14-7-9-15(10-8-14)16-11-12(16)3;1-11-6-8-7-12-10-5-3-2-4-9(8)10/h4-10,12,16H,1-2,11H2,3H3;2-5,7,11H,6H2,1H3/b13-6+;/t12-,16-;/m1./s1. The van der Waals surface area contributed by atoms with E-state index in [1.165, 1.54) is 28.5 Å². The average Bonchev–Trinajstić information content (AvgIpc) is 3.33. The molecule has 2 heteroatoms. The smallest absolute Gasteiger partial charge is 0.134 e. The van der Waals surface area contributed by atoms with E-state index in [2.05, 4.69) is 55.7 Å². The van der Waals surface area contributed by atoms with Crippen molar-refractivity contribution in [3.8, 4) is 0 Å². The lowest BCUT2D eigenvalue weighted by atomic mass is 10.0. The second-order valence-corrected chi connectivity index (χ2v) is 7.29. The molecule has 1 saturated carbocycles. The van der Waals surface area contributed by atoms with Gasteiger partial charge in [-0.1, -0.05) is 80.8 Å². The second-order valence-electron chi connectivity index (χ2n) is 7.29. The van der Waals surface area contributed by atoms with Crippen LogP contribution < -0.4 is 5.32 Å². The predicted molar refractivity (Wildman–Crippen MR) is 120 cm³/mol. The van der Waals surface area contributed by atoms with Crippen LogP contribution in [0, 0.1) is 5.92 Å². The maximum absolute atomic E-state index is 5.36. The number of rotatable bonds is 6. The van der Waals surface area contributed by atoms with E-state index in [9.17, 15) is 0 Å². The third-order valence-corrected chi connectivity index (χ3v) is 5.23. The zero-order chi connectivity index (χ0) is 19.9. The number of para-hydroxylation sites is 1. The first-order chi connectivity index (χ1) is 13.7. The summed E-state index contributed by atoms with van der Waals surface area (Å²) < 4.78 is 5.36. The normalized spacial score (nSPS) is 18.3. The van der Waals surface area contributed by atoms with Crippen LogP contribution in [0.15, 0.2) is 90.6 Å². The zero-order valence-corrected chi connectivity index (χ0v) is 16.8. The SMILES string of the molecule is C=C/C=C(\C=C)c1ccc([C@@H]2C[C@H]2C)cc1.CNCc1coc2ccccc12. The highest BCUT2D eigenvalue weighted by Gasteiger charge is 2.33. The van der Waals surface area contributed by atoms with Gasteiger partial charge in [-0.2, -0.15) is 0 Å². The molecule has 0 amide bonds. The predicted octanol–water partition coefficient (Wildman–Crippen LogP) is 6.72. The number of fused-ring (bicyclic) bond motifs is 1. The van der Waals surface area contributed by atoms with Gasteiger partial charge in [0.2, 0.25) is 0 Å². The van der Waals surface area contributed by atoms with Crippen LogP contribution in [0.25, 0.3) is 16.5 Å². The van der Waals surface area contributed by atoms with Crippen molar-refractivity contribution in [1.82, 2.24) is 5.32 Å². The Kier molecular flexibility index (Phi) is 6.67. The second kappa shape index (κ2) is 9.38. The topological polar surface area (TPSA) is 25.2 Å². The van der Waals surface area contributed by atoms with E-state index in [1.807, 2.05) is 37.4 Å². The van der Waals surface area contributed by atoms with Gasteiger partial charge >= 0.3 is 0 Å². The maximum Gasteiger partial charge on any atom is 0.134 e.